The second-order valence-corrected chi connectivity index (χ2v) is 6.23. The van der Waals surface area contributed by atoms with E-state index in [2.05, 4.69) is 32.2 Å². The van der Waals surface area contributed by atoms with E-state index >= 15 is 0 Å². The van der Waals surface area contributed by atoms with Crippen LogP contribution in [-0.2, 0) is 11.3 Å². The fraction of sp³-hybridized carbons (Fsp3) is 0.389. The van der Waals surface area contributed by atoms with Gasteiger partial charge in [0, 0.05) is 37.6 Å². The maximum atomic E-state index is 5.46. The Morgan fingerprint density at radius 3 is 2.92 bits per heavy atom. The molecule has 0 N–H and O–H groups in total. The van der Waals surface area contributed by atoms with Crippen LogP contribution in [0.15, 0.2) is 47.5 Å². The molecule has 130 valence electrons. The summed E-state index contributed by atoms with van der Waals surface area (Å²) in [5, 5.41) is 4.15. The number of nitrogens with zero attached hydrogens (tertiary/aromatic N) is 5. The molecule has 7 heteroatoms. The maximum absolute atomic E-state index is 5.46. The van der Waals surface area contributed by atoms with Gasteiger partial charge in [-0.15, -0.1) is 0 Å². The second kappa shape index (κ2) is 7.16. The number of imidazole rings is 1. The van der Waals surface area contributed by atoms with Crippen molar-refractivity contribution in [3.63, 3.8) is 0 Å². The highest BCUT2D eigenvalue weighted by atomic mass is 16.5. The van der Waals surface area contributed by atoms with Crippen LogP contribution in [0.4, 0.5) is 0 Å². The molecule has 0 radical (unpaired) electrons. The molecule has 1 saturated heterocycles. The van der Waals surface area contributed by atoms with Crippen molar-refractivity contribution >= 4 is 0 Å². The molecule has 0 bridgehead atoms. The minimum absolute atomic E-state index is 0.0414. The van der Waals surface area contributed by atoms with Gasteiger partial charge in [0.1, 0.15) is 6.04 Å². The van der Waals surface area contributed by atoms with E-state index in [-0.39, 0.29) is 6.04 Å². The summed E-state index contributed by atoms with van der Waals surface area (Å²) in [6, 6.07) is 8.28. The predicted molar refractivity (Wildman–Crippen MR) is 91.9 cm³/mol. The van der Waals surface area contributed by atoms with Gasteiger partial charge >= 0.3 is 0 Å². The molecule has 0 amide bonds. The molecule has 3 aromatic rings. The zero-order valence-electron chi connectivity index (χ0n) is 14.2. The van der Waals surface area contributed by atoms with E-state index in [0.29, 0.717) is 11.7 Å². The molecule has 1 fully saturated rings. The van der Waals surface area contributed by atoms with Gasteiger partial charge in [0.25, 0.3) is 0 Å². The molecule has 1 aliphatic heterocycles. The topological polar surface area (TPSA) is 69.2 Å². The Kier molecular flexibility index (Phi) is 4.58. The smallest absolute Gasteiger partial charge is 0.249 e. The van der Waals surface area contributed by atoms with Crippen LogP contribution in [0, 0.1) is 0 Å². The summed E-state index contributed by atoms with van der Waals surface area (Å²) in [6.07, 6.45) is 5.37. The van der Waals surface area contributed by atoms with E-state index in [9.17, 15) is 0 Å². The average molecular weight is 339 g/mol. The lowest BCUT2D eigenvalue weighted by molar-refractivity contribution is 0.0342. The summed E-state index contributed by atoms with van der Waals surface area (Å²) < 4.78 is 12.8. The zero-order chi connectivity index (χ0) is 17.1. The molecule has 25 heavy (non-hydrogen) atoms. The van der Waals surface area contributed by atoms with Crippen LogP contribution in [0.5, 0.6) is 0 Å². The molecule has 1 aromatic carbocycles. The summed E-state index contributed by atoms with van der Waals surface area (Å²) in [6.45, 7) is 6.47. The number of ether oxygens (including phenoxy) is 1. The number of rotatable bonds is 5. The van der Waals surface area contributed by atoms with Crippen molar-refractivity contribution in [2.24, 2.45) is 0 Å². The van der Waals surface area contributed by atoms with Gasteiger partial charge in [0.2, 0.25) is 11.7 Å². The van der Waals surface area contributed by atoms with Crippen LogP contribution in [0.1, 0.15) is 24.4 Å². The van der Waals surface area contributed by atoms with Crippen LogP contribution >= 0.6 is 0 Å². The molecule has 0 unspecified atom stereocenters. The van der Waals surface area contributed by atoms with Crippen molar-refractivity contribution in [3.05, 3.63) is 54.4 Å². The zero-order valence-corrected chi connectivity index (χ0v) is 14.2. The molecule has 0 aliphatic carbocycles. The lowest BCUT2D eigenvalue weighted by Gasteiger charge is -2.26. The van der Waals surface area contributed by atoms with E-state index in [0.717, 1.165) is 38.4 Å². The van der Waals surface area contributed by atoms with Gasteiger partial charge in [-0.25, -0.2) is 4.98 Å². The molecular weight excluding hydrogens is 318 g/mol. The molecule has 4 rings (SSSR count). The van der Waals surface area contributed by atoms with Crippen LogP contribution in [-0.4, -0.2) is 50.9 Å². The monoisotopic (exact) mass is 339 g/mol. The highest BCUT2D eigenvalue weighted by molar-refractivity contribution is 5.55. The van der Waals surface area contributed by atoms with Crippen LogP contribution in [0.2, 0.25) is 0 Å². The second-order valence-electron chi connectivity index (χ2n) is 6.23. The lowest BCUT2D eigenvalue weighted by Crippen LogP contribution is -2.35. The van der Waals surface area contributed by atoms with E-state index in [1.165, 1.54) is 5.56 Å². The molecule has 7 nitrogen and oxygen atoms in total. The summed E-state index contributed by atoms with van der Waals surface area (Å²) in [5.74, 6) is 1.19. The van der Waals surface area contributed by atoms with Crippen molar-refractivity contribution in [2.75, 3.05) is 26.3 Å². The molecule has 0 spiro atoms. The third-order valence-corrected chi connectivity index (χ3v) is 4.47. The first-order valence-electron chi connectivity index (χ1n) is 8.50. The Balaban J connectivity index is 1.51. The van der Waals surface area contributed by atoms with Crippen molar-refractivity contribution in [3.8, 4) is 11.4 Å². The Labute approximate surface area is 146 Å². The quantitative estimate of drug-likeness (QED) is 0.711. The number of aromatic nitrogens is 4. The Morgan fingerprint density at radius 1 is 1.24 bits per heavy atom. The third kappa shape index (κ3) is 3.62. The van der Waals surface area contributed by atoms with Crippen molar-refractivity contribution < 1.29 is 9.26 Å². The Morgan fingerprint density at radius 2 is 2.12 bits per heavy atom. The molecule has 2 aromatic heterocycles. The largest absolute Gasteiger partial charge is 0.379 e. The van der Waals surface area contributed by atoms with Gasteiger partial charge in [-0.2, -0.15) is 4.98 Å². The molecule has 3 heterocycles. The minimum atomic E-state index is -0.0414. The van der Waals surface area contributed by atoms with Gasteiger partial charge in [-0.1, -0.05) is 23.4 Å². The van der Waals surface area contributed by atoms with Crippen molar-refractivity contribution in [1.82, 2.24) is 24.6 Å². The van der Waals surface area contributed by atoms with Gasteiger partial charge in [0.15, 0.2) is 0 Å². The van der Waals surface area contributed by atoms with Crippen LogP contribution in [0.3, 0.4) is 0 Å². The summed E-state index contributed by atoms with van der Waals surface area (Å²) in [5.41, 5.74) is 2.21. The SMILES string of the molecule is C[C@H](c1nc(-c2cccc(CN3CCOCC3)c2)no1)n1ccnc1. The maximum Gasteiger partial charge on any atom is 0.249 e. The average Bonchev–Trinajstić information content (AvgIpc) is 3.34. The summed E-state index contributed by atoms with van der Waals surface area (Å²) in [7, 11) is 0. The number of hydrogen-bond donors (Lipinski definition) is 0. The molecular formula is C18H21N5O2. The Bertz CT molecular complexity index is 809. The highest BCUT2D eigenvalue weighted by Gasteiger charge is 2.17. The van der Waals surface area contributed by atoms with E-state index in [1.807, 2.05) is 29.8 Å². The van der Waals surface area contributed by atoms with Gasteiger partial charge in [0.05, 0.1) is 19.5 Å². The lowest BCUT2D eigenvalue weighted by atomic mass is 10.1. The first-order valence-corrected chi connectivity index (χ1v) is 8.50. The number of benzene rings is 1. The minimum Gasteiger partial charge on any atom is -0.379 e. The number of hydrogen-bond acceptors (Lipinski definition) is 6. The molecule has 1 aliphatic rings. The van der Waals surface area contributed by atoms with Gasteiger partial charge in [-0.05, 0) is 18.6 Å². The molecule has 0 saturated carbocycles. The van der Waals surface area contributed by atoms with E-state index in [4.69, 9.17) is 9.26 Å². The number of morpholine rings is 1. The highest BCUT2D eigenvalue weighted by Crippen LogP contribution is 2.22. The summed E-state index contributed by atoms with van der Waals surface area (Å²) >= 11 is 0. The molecule has 1 atom stereocenters. The fourth-order valence-electron chi connectivity index (χ4n) is 2.97. The standard InChI is InChI=1S/C18H21N5O2/c1-14(23-6-5-19-13-23)18-20-17(21-25-18)16-4-2-3-15(11-16)12-22-7-9-24-10-8-22/h2-6,11,13-14H,7-10,12H2,1H3/t14-/m1/s1. The summed E-state index contributed by atoms with van der Waals surface area (Å²) in [4.78, 5) is 11.0. The van der Waals surface area contributed by atoms with Crippen molar-refractivity contribution in [1.29, 1.82) is 0 Å². The van der Waals surface area contributed by atoms with Crippen LogP contribution in [0.25, 0.3) is 11.4 Å². The first-order chi connectivity index (χ1) is 12.3. The fourth-order valence-corrected chi connectivity index (χ4v) is 2.97. The predicted octanol–water partition coefficient (Wildman–Crippen LogP) is 2.37. The third-order valence-electron chi connectivity index (χ3n) is 4.47. The van der Waals surface area contributed by atoms with Crippen LogP contribution < -0.4 is 0 Å². The van der Waals surface area contributed by atoms with E-state index in [1.54, 1.807) is 12.5 Å². The normalized spacial score (nSPS) is 16.8. The first kappa shape index (κ1) is 16.0. The van der Waals surface area contributed by atoms with Crippen molar-refractivity contribution in [2.45, 2.75) is 19.5 Å². The van der Waals surface area contributed by atoms with E-state index < -0.39 is 0 Å². The Hall–Kier alpha value is -2.51. The van der Waals surface area contributed by atoms with Gasteiger partial charge < -0.3 is 13.8 Å². The van der Waals surface area contributed by atoms with Gasteiger partial charge in [-0.3, -0.25) is 4.90 Å².